The third kappa shape index (κ3) is 3.16. The Kier molecular flexibility index (Phi) is 3.94. The molecule has 22 heavy (non-hydrogen) atoms. The Morgan fingerprint density at radius 1 is 1.32 bits per heavy atom. The van der Waals surface area contributed by atoms with Crippen molar-refractivity contribution < 1.29 is 4.79 Å². The molecule has 0 aromatic carbocycles. The molecule has 0 amide bonds. The van der Waals surface area contributed by atoms with Gasteiger partial charge in [-0.15, -0.1) is 10.2 Å². The van der Waals surface area contributed by atoms with Crippen LogP contribution in [0.1, 0.15) is 55.5 Å². The van der Waals surface area contributed by atoms with Crippen LogP contribution >= 0.6 is 11.8 Å². The van der Waals surface area contributed by atoms with E-state index in [-0.39, 0.29) is 11.3 Å². The number of fused-ring (bicyclic) bond motifs is 1. The molecular formula is C14H18N6OS. The Hall–Kier alpha value is -1.83. The van der Waals surface area contributed by atoms with Crippen LogP contribution < -0.4 is 0 Å². The summed E-state index contributed by atoms with van der Waals surface area (Å²) in [7, 11) is 0. The molecule has 0 fully saturated rings. The number of rotatable bonds is 3. The number of aromatic nitrogens is 6. The first-order valence-corrected chi connectivity index (χ1v) is 8.23. The third-order valence-corrected chi connectivity index (χ3v) is 4.21. The molecular weight excluding hydrogens is 300 g/mol. The third-order valence-electron chi connectivity index (χ3n) is 3.35. The SMILES string of the molecule is CC(C)(C)n1nnc(CSc2ncc3c(n2)CCCC3=O)n1. The molecule has 0 atom stereocenters. The summed E-state index contributed by atoms with van der Waals surface area (Å²) in [6.45, 7) is 6.07. The molecule has 0 saturated heterocycles. The first kappa shape index (κ1) is 15.1. The highest BCUT2D eigenvalue weighted by atomic mass is 32.2. The molecule has 2 aromatic rings. The molecule has 1 aliphatic carbocycles. The summed E-state index contributed by atoms with van der Waals surface area (Å²) in [5.74, 6) is 1.35. The topological polar surface area (TPSA) is 86.5 Å². The number of hydrogen-bond acceptors (Lipinski definition) is 7. The monoisotopic (exact) mass is 318 g/mol. The van der Waals surface area contributed by atoms with Crippen molar-refractivity contribution in [3.05, 3.63) is 23.3 Å². The summed E-state index contributed by atoms with van der Waals surface area (Å²) in [6, 6.07) is 0. The molecule has 0 radical (unpaired) electrons. The van der Waals surface area contributed by atoms with Crippen LogP contribution in [0.15, 0.2) is 11.4 Å². The van der Waals surface area contributed by atoms with E-state index < -0.39 is 0 Å². The highest BCUT2D eigenvalue weighted by molar-refractivity contribution is 7.98. The van der Waals surface area contributed by atoms with E-state index in [0.29, 0.717) is 28.7 Å². The molecule has 0 unspecified atom stereocenters. The molecule has 1 aliphatic rings. The summed E-state index contributed by atoms with van der Waals surface area (Å²) >= 11 is 1.46. The Labute approximate surface area is 132 Å². The van der Waals surface area contributed by atoms with Crippen molar-refractivity contribution in [1.29, 1.82) is 0 Å². The van der Waals surface area contributed by atoms with Crippen LogP contribution in [-0.2, 0) is 17.7 Å². The van der Waals surface area contributed by atoms with Crippen molar-refractivity contribution in [3.8, 4) is 0 Å². The number of carbonyl (C=O) groups is 1. The lowest BCUT2D eigenvalue weighted by Gasteiger charge is -2.15. The van der Waals surface area contributed by atoms with E-state index in [2.05, 4.69) is 25.4 Å². The van der Waals surface area contributed by atoms with Gasteiger partial charge in [-0.25, -0.2) is 9.97 Å². The van der Waals surface area contributed by atoms with Crippen LogP contribution in [0.4, 0.5) is 0 Å². The minimum Gasteiger partial charge on any atom is -0.294 e. The summed E-state index contributed by atoms with van der Waals surface area (Å²) in [4.78, 5) is 22.1. The van der Waals surface area contributed by atoms with E-state index in [1.807, 2.05) is 20.8 Å². The van der Waals surface area contributed by atoms with Gasteiger partial charge in [-0.1, -0.05) is 11.8 Å². The number of nitrogens with zero attached hydrogens (tertiary/aromatic N) is 6. The Morgan fingerprint density at radius 3 is 2.86 bits per heavy atom. The second-order valence-corrected chi connectivity index (χ2v) is 7.19. The van der Waals surface area contributed by atoms with Gasteiger partial charge in [0.15, 0.2) is 16.8 Å². The lowest BCUT2D eigenvalue weighted by atomic mass is 9.96. The number of Topliss-reactive ketones (excluding diaryl/α,β-unsaturated/α-hetero) is 1. The van der Waals surface area contributed by atoms with Crippen LogP contribution in [0.2, 0.25) is 0 Å². The van der Waals surface area contributed by atoms with E-state index in [1.165, 1.54) is 11.8 Å². The first-order valence-electron chi connectivity index (χ1n) is 7.25. The fraction of sp³-hybridized carbons (Fsp3) is 0.571. The predicted octanol–water partition coefficient (Wildman–Crippen LogP) is 2.03. The van der Waals surface area contributed by atoms with Gasteiger partial charge in [-0.05, 0) is 38.8 Å². The van der Waals surface area contributed by atoms with Gasteiger partial charge in [0.05, 0.1) is 22.5 Å². The first-order chi connectivity index (χ1) is 10.4. The zero-order chi connectivity index (χ0) is 15.7. The average Bonchev–Trinajstić information content (AvgIpc) is 2.94. The second kappa shape index (κ2) is 5.75. The second-order valence-electron chi connectivity index (χ2n) is 6.24. The maximum atomic E-state index is 11.8. The molecule has 116 valence electrons. The normalized spacial score (nSPS) is 15.0. The van der Waals surface area contributed by atoms with Crippen molar-refractivity contribution in [2.45, 2.75) is 56.5 Å². The molecule has 2 aromatic heterocycles. The van der Waals surface area contributed by atoms with Crippen LogP contribution in [-0.4, -0.2) is 36.0 Å². The quantitative estimate of drug-likeness (QED) is 0.632. The van der Waals surface area contributed by atoms with E-state index >= 15 is 0 Å². The van der Waals surface area contributed by atoms with Crippen molar-refractivity contribution >= 4 is 17.5 Å². The molecule has 0 saturated carbocycles. The minimum atomic E-state index is -0.182. The van der Waals surface area contributed by atoms with Crippen molar-refractivity contribution in [2.24, 2.45) is 0 Å². The van der Waals surface area contributed by atoms with Gasteiger partial charge in [0.2, 0.25) is 0 Å². The lowest BCUT2D eigenvalue weighted by Crippen LogP contribution is -2.24. The Balaban J connectivity index is 1.69. The minimum absolute atomic E-state index is 0.146. The van der Waals surface area contributed by atoms with E-state index in [9.17, 15) is 4.79 Å². The zero-order valence-electron chi connectivity index (χ0n) is 12.9. The van der Waals surface area contributed by atoms with Crippen molar-refractivity contribution in [3.63, 3.8) is 0 Å². The summed E-state index contributed by atoms with van der Waals surface area (Å²) < 4.78 is 0. The van der Waals surface area contributed by atoms with Crippen LogP contribution in [0, 0.1) is 0 Å². The molecule has 8 heteroatoms. The van der Waals surface area contributed by atoms with Gasteiger partial charge in [0.1, 0.15) is 0 Å². The van der Waals surface area contributed by atoms with E-state index in [1.54, 1.807) is 11.0 Å². The van der Waals surface area contributed by atoms with Gasteiger partial charge in [0, 0.05) is 12.6 Å². The fourth-order valence-corrected chi connectivity index (χ4v) is 2.83. The van der Waals surface area contributed by atoms with E-state index in [0.717, 1.165) is 18.5 Å². The molecule has 0 spiro atoms. The summed E-state index contributed by atoms with van der Waals surface area (Å²) in [5, 5.41) is 13.1. The maximum Gasteiger partial charge on any atom is 0.188 e. The predicted molar refractivity (Wildman–Crippen MR) is 81.7 cm³/mol. The number of hydrogen-bond donors (Lipinski definition) is 0. The Morgan fingerprint density at radius 2 is 2.14 bits per heavy atom. The van der Waals surface area contributed by atoms with Gasteiger partial charge in [-0.2, -0.15) is 4.80 Å². The molecule has 0 aliphatic heterocycles. The van der Waals surface area contributed by atoms with Gasteiger partial charge >= 0.3 is 0 Å². The zero-order valence-corrected chi connectivity index (χ0v) is 13.7. The van der Waals surface area contributed by atoms with Gasteiger partial charge < -0.3 is 0 Å². The molecule has 0 bridgehead atoms. The molecule has 7 nitrogen and oxygen atoms in total. The number of tetrazole rings is 1. The average molecular weight is 318 g/mol. The van der Waals surface area contributed by atoms with Gasteiger partial charge in [0.25, 0.3) is 0 Å². The van der Waals surface area contributed by atoms with Crippen molar-refractivity contribution in [2.75, 3.05) is 0 Å². The van der Waals surface area contributed by atoms with Crippen LogP contribution in [0.3, 0.4) is 0 Å². The number of ketones is 1. The molecule has 3 rings (SSSR count). The smallest absolute Gasteiger partial charge is 0.188 e. The van der Waals surface area contributed by atoms with Crippen LogP contribution in [0.25, 0.3) is 0 Å². The highest BCUT2D eigenvalue weighted by Gasteiger charge is 2.20. The maximum absolute atomic E-state index is 11.8. The largest absolute Gasteiger partial charge is 0.294 e. The number of carbonyl (C=O) groups excluding carboxylic acids is 1. The molecule has 2 heterocycles. The lowest BCUT2D eigenvalue weighted by molar-refractivity contribution is 0.0970. The molecule has 0 N–H and O–H groups in total. The van der Waals surface area contributed by atoms with Crippen molar-refractivity contribution in [1.82, 2.24) is 30.2 Å². The number of thioether (sulfide) groups is 1. The Bertz CT molecular complexity index is 706. The standard InChI is InChI=1S/C14H18N6OS/c1-14(2,3)20-18-12(17-19-20)8-22-13-15-7-9-10(16-13)5-4-6-11(9)21/h7H,4-6,8H2,1-3H3. The summed E-state index contributed by atoms with van der Waals surface area (Å²) in [6.07, 6.45) is 3.96. The van der Waals surface area contributed by atoms with E-state index in [4.69, 9.17) is 0 Å². The number of aryl methyl sites for hydroxylation is 1. The van der Waals surface area contributed by atoms with Gasteiger partial charge in [-0.3, -0.25) is 4.79 Å². The fourth-order valence-electron chi connectivity index (χ4n) is 2.16. The van der Waals surface area contributed by atoms with Crippen LogP contribution in [0.5, 0.6) is 0 Å². The summed E-state index contributed by atoms with van der Waals surface area (Å²) in [5.41, 5.74) is 1.35. The highest BCUT2D eigenvalue weighted by Crippen LogP contribution is 2.23.